The third-order valence-corrected chi connectivity index (χ3v) is 6.55. The smallest absolute Gasteiger partial charge is 0.338 e. The molecule has 0 unspecified atom stereocenters. The SMILES string of the molecule is C[C@H]1CN(C(=O)COC(=O)c2ccccc2CSC2=NCCS2)C[C@H](C)O1. The van der Waals surface area contributed by atoms with Crippen LogP contribution < -0.4 is 0 Å². The first-order valence-corrected chi connectivity index (χ1v) is 11.0. The van der Waals surface area contributed by atoms with Gasteiger partial charge in [0.1, 0.15) is 4.38 Å². The van der Waals surface area contributed by atoms with E-state index in [4.69, 9.17) is 9.47 Å². The first-order chi connectivity index (χ1) is 13.0. The van der Waals surface area contributed by atoms with Gasteiger partial charge in [-0.25, -0.2) is 4.79 Å². The van der Waals surface area contributed by atoms with Gasteiger partial charge < -0.3 is 14.4 Å². The highest BCUT2D eigenvalue weighted by atomic mass is 32.2. The van der Waals surface area contributed by atoms with Crippen LogP contribution in [0.3, 0.4) is 0 Å². The highest BCUT2D eigenvalue weighted by Gasteiger charge is 2.26. The molecule has 0 saturated carbocycles. The summed E-state index contributed by atoms with van der Waals surface area (Å²) in [6.07, 6.45) is -0.0231. The Morgan fingerprint density at radius 1 is 1.30 bits per heavy atom. The Bertz CT molecular complexity index is 715. The molecular formula is C19H24N2O4S2. The molecule has 27 heavy (non-hydrogen) atoms. The van der Waals surface area contributed by atoms with Crippen molar-refractivity contribution in [1.29, 1.82) is 0 Å². The highest BCUT2D eigenvalue weighted by Crippen LogP contribution is 2.26. The zero-order chi connectivity index (χ0) is 19.2. The molecule has 2 atom stereocenters. The number of hydrogen-bond acceptors (Lipinski definition) is 7. The van der Waals surface area contributed by atoms with Crippen LogP contribution in [0.4, 0.5) is 0 Å². The van der Waals surface area contributed by atoms with Crippen LogP contribution in [0.1, 0.15) is 29.8 Å². The van der Waals surface area contributed by atoms with Crippen molar-refractivity contribution in [3.05, 3.63) is 35.4 Å². The summed E-state index contributed by atoms with van der Waals surface area (Å²) in [5, 5.41) is 0. The van der Waals surface area contributed by atoms with Crippen molar-refractivity contribution < 1.29 is 19.1 Å². The molecule has 0 radical (unpaired) electrons. The number of rotatable bonds is 5. The molecule has 2 aliphatic heterocycles. The van der Waals surface area contributed by atoms with E-state index >= 15 is 0 Å². The van der Waals surface area contributed by atoms with Gasteiger partial charge in [0, 0.05) is 24.6 Å². The largest absolute Gasteiger partial charge is 0.452 e. The summed E-state index contributed by atoms with van der Waals surface area (Å²) in [5.74, 6) is 1.03. The lowest BCUT2D eigenvalue weighted by Gasteiger charge is -2.35. The number of thioether (sulfide) groups is 2. The van der Waals surface area contributed by atoms with Gasteiger partial charge in [0.2, 0.25) is 0 Å². The molecule has 0 aliphatic carbocycles. The van der Waals surface area contributed by atoms with Gasteiger partial charge in [-0.1, -0.05) is 41.7 Å². The van der Waals surface area contributed by atoms with Gasteiger partial charge in [-0.3, -0.25) is 9.79 Å². The van der Waals surface area contributed by atoms with Gasteiger partial charge in [0.25, 0.3) is 5.91 Å². The molecule has 2 aliphatic rings. The van der Waals surface area contributed by atoms with Gasteiger partial charge in [-0.2, -0.15) is 0 Å². The zero-order valence-electron chi connectivity index (χ0n) is 15.6. The Kier molecular flexibility index (Phi) is 7.20. The molecule has 6 nitrogen and oxygen atoms in total. The average Bonchev–Trinajstić information content (AvgIpc) is 3.17. The quantitative estimate of drug-likeness (QED) is 0.698. The van der Waals surface area contributed by atoms with E-state index in [0.29, 0.717) is 24.4 Å². The maximum Gasteiger partial charge on any atom is 0.338 e. The van der Waals surface area contributed by atoms with Crippen molar-refractivity contribution >= 4 is 39.8 Å². The summed E-state index contributed by atoms with van der Waals surface area (Å²) < 4.78 is 12.0. The Morgan fingerprint density at radius 2 is 2.04 bits per heavy atom. The Morgan fingerprint density at radius 3 is 2.74 bits per heavy atom. The number of benzene rings is 1. The van der Waals surface area contributed by atoms with E-state index in [0.717, 1.165) is 22.2 Å². The number of carbonyl (C=O) groups excluding carboxylic acids is 2. The van der Waals surface area contributed by atoms with Crippen LogP contribution in [-0.2, 0) is 20.0 Å². The van der Waals surface area contributed by atoms with Crippen LogP contribution in [0, 0.1) is 0 Å². The molecule has 1 aromatic rings. The average molecular weight is 409 g/mol. The second-order valence-corrected chi connectivity index (χ2v) is 8.88. The van der Waals surface area contributed by atoms with Gasteiger partial charge in [0.15, 0.2) is 6.61 Å². The third-order valence-electron chi connectivity index (χ3n) is 4.25. The molecule has 3 rings (SSSR count). The van der Waals surface area contributed by atoms with E-state index < -0.39 is 5.97 Å². The van der Waals surface area contributed by atoms with Crippen LogP contribution in [0.15, 0.2) is 29.3 Å². The molecule has 1 saturated heterocycles. The van der Waals surface area contributed by atoms with Gasteiger partial charge >= 0.3 is 5.97 Å². The van der Waals surface area contributed by atoms with Crippen molar-refractivity contribution in [2.45, 2.75) is 31.8 Å². The predicted octanol–water partition coefficient (Wildman–Crippen LogP) is 2.82. The first-order valence-electron chi connectivity index (χ1n) is 9.01. The molecule has 1 fully saturated rings. The van der Waals surface area contributed by atoms with Crippen molar-refractivity contribution in [2.75, 3.05) is 32.0 Å². The number of nitrogens with zero attached hydrogens (tertiary/aromatic N) is 2. The van der Waals surface area contributed by atoms with Gasteiger partial charge in [0.05, 0.1) is 24.3 Å². The monoisotopic (exact) mass is 408 g/mol. The minimum atomic E-state index is -0.463. The van der Waals surface area contributed by atoms with Crippen LogP contribution in [0.25, 0.3) is 0 Å². The number of morpholine rings is 1. The number of amides is 1. The molecule has 8 heteroatoms. The minimum absolute atomic E-state index is 0.0116. The van der Waals surface area contributed by atoms with Crippen LogP contribution >= 0.6 is 23.5 Å². The number of esters is 1. The maximum absolute atomic E-state index is 12.5. The Labute approximate surface area is 168 Å². The summed E-state index contributed by atoms with van der Waals surface area (Å²) in [6, 6.07) is 7.36. The highest BCUT2D eigenvalue weighted by molar-refractivity contribution is 8.38. The fourth-order valence-corrected chi connectivity index (χ4v) is 5.08. The van der Waals surface area contributed by atoms with Crippen LogP contribution in [0.2, 0.25) is 0 Å². The van der Waals surface area contributed by atoms with E-state index in [1.807, 2.05) is 26.0 Å². The summed E-state index contributed by atoms with van der Waals surface area (Å²) in [7, 11) is 0. The van der Waals surface area contributed by atoms with Crippen molar-refractivity contribution in [1.82, 2.24) is 4.90 Å². The lowest BCUT2D eigenvalue weighted by atomic mass is 10.1. The fourth-order valence-electron chi connectivity index (χ4n) is 3.07. The lowest BCUT2D eigenvalue weighted by molar-refractivity contribution is -0.146. The van der Waals surface area contributed by atoms with E-state index in [2.05, 4.69) is 4.99 Å². The molecular weight excluding hydrogens is 384 g/mol. The standard InChI is InChI=1S/C19H24N2O4S2/c1-13-9-21(10-14(2)25-13)17(22)11-24-18(23)16-6-4-3-5-15(16)12-27-19-20-7-8-26-19/h3-6,13-14H,7-12H2,1-2H3/t13-,14-/m0/s1. The summed E-state index contributed by atoms with van der Waals surface area (Å²) >= 11 is 3.37. The summed E-state index contributed by atoms with van der Waals surface area (Å²) in [5.41, 5.74) is 1.40. The second kappa shape index (κ2) is 9.61. The molecule has 1 aromatic carbocycles. The minimum Gasteiger partial charge on any atom is -0.452 e. The molecule has 0 aromatic heterocycles. The number of carbonyl (C=O) groups is 2. The van der Waals surface area contributed by atoms with Crippen molar-refractivity contribution in [3.8, 4) is 0 Å². The van der Waals surface area contributed by atoms with Crippen LogP contribution in [0.5, 0.6) is 0 Å². The molecule has 0 spiro atoms. The second-order valence-electron chi connectivity index (χ2n) is 6.57. The maximum atomic E-state index is 12.5. The topological polar surface area (TPSA) is 68.2 Å². The number of ether oxygens (including phenoxy) is 2. The number of hydrogen-bond donors (Lipinski definition) is 0. The van der Waals surface area contributed by atoms with Gasteiger partial charge in [-0.05, 0) is 25.5 Å². The van der Waals surface area contributed by atoms with E-state index in [-0.39, 0.29) is 24.7 Å². The van der Waals surface area contributed by atoms with Crippen molar-refractivity contribution in [3.63, 3.8) is 0 Å². The summed E-state index contributed by atoms with van der Waals surface area (Å²) in [6.45, 7) is 5.52. The molecule has 2 heterocycles. The first kappa shape index (κ1) is 20.2. The van der Waals surface area contributed by atoms with Gasteiger partial charge in [-0.15, -0.1) is 0 Å². The van der Waals surface area contributed by atoms with E-state index in [1.165, 1.54) is 0 Å². The lowest BCUT2D eigenvalue weighted by Crippen LogP contribution is -2.49. The normalized spacial score (nSPS) is 22.4. The summed E-state index contributed by atoms with van der Waals surface area (Å²) in [4.78, 5) is 31.0. The zero-order valence-corrected chi connectivity index (χ0v) is 17.2. The molecule has 0 bridgehead atoms. The van der Waals surface area contributed by atoms with E-state index in [1.54, 1.807) is 40.6 Å². The molecule has 146 valence electrons. The van der Waals surface area contributed by atoms with Crippen LogP contribution in [-0.4, -0.2) is 65.4 Å². The molecule has 1 amide bonds. The van der Waals surface area contributed by atoms with E-state index in [9.17, 15) is 9.59 Å². The Hall–Kier alpha value is -1.51. The predicted molar refractivity (Wildman–Crippen MR) is 109 cm³/mol. The van der Waals surface area contributed by atoms with Crippen molar-refractivity contribution in [2.24, 2.45) is 4.99 Å². The fraction of sp³-hybridized carbons (Fsp3) is 0.526. The number of aliphatic imine (C=N–C) groups is 1. The third kappa shape index (κ3) is 5.73. The molecule has 0 N–H and O–H groups in total. The Balaban J connectivity index is 1.55.